The van der Waals surface area contributed by atoms with Crippen LogP contribution in [0.5, 0.6) is 0 Å². The molecule has 5 heteroatoms. The third kappa shape index (κ3) is 4.59. The maximum atomic E-state index is 12.7. The first-order chi connectivity index (χ1) is 12.1. The Balaban J connectivity index is 2.14. The summed E-state index contributed by atoms with van der Waals surface area (Å²) in [6.07, 6.45) is 2.89. The molecular weight excluding hydrogens is 350 g/mol. The fourth-order valence-corrected chi connectivity index (χ4v) is 3.94. The number of benzene rings is 1. The van der Waals surface area contributed by atoms with Crippen molar-refractivity contribution in [3.63, 3.8) is 0 Å². The van der Waals surface area contributed by atoms with Crippen LogP contribution in [0.1, 0.15) is 63.0 Å². The lowest BCUT2D eigenvalue weighted by Gasteiger charge is -2.42. The molecule has 144 valence electrons. The van der Waals surface area contributed by atoms with Crippen LogP contribution in [0.4, 0.5) is 0 Å². The predicted molar refractivity (Wildman–Crippen MR) is 104 cm³/mol. The number of rotatable bonds is 4. The summed E-state index contributed by atoms with van der Waals surface area (Å²) in [6.45, 7) is 8.63. The Hall–Kier alpha value is -1.55. The summed E-state index contributed by atoms with van der Waals surface area (Å²) in [6, 6.07) is 7.52. The highest BCUT2D eigenvalue weighted by Crippen LogP contribution is 2.42. The molecule has 1 aromatic carbocycles. The van der Waals surface area contributed by atoms with E-state index in [9.17, 15) is 9.59 Å². The number of hydrogen-bond acceptors (Lipinski definition) is 3. The number of carbonyl (C=O) groups excluding carboxylic acids is 2. The summed E-state index contributed by atoms with van der Waals surface area (Å²) in [5, 5.41) is 2.09. The van der Waals surface area contributed by atoms with Crippen LogP contribution >= 0.6 is 11.6 Å². The molecular formula is C21H30ClNO3. The Morgan fingerprint density at radius 1 is 1.19 bits per heavy atom. The molecule has 1 aliphatic rings. The van der Waals surface area contributed by atoms with Gasteiger partial charge in [-0.3, -0.25) is 4.79 Å². The topological polar surface area (TPSA) is 55.4 Å². The SMILES string of the molecule is COC(=O)C1(NC(=O)C(Cl)c2ccc(C)cc2)CCC(C(C)(C)C)CC1. The third-order valence-electron chi connectivity index (χ3n) is 5.60. The summed E-state index contributed by atoms with van der Waals surface area (Å²) < 4.78 is 5.02. The summed E-state index contributed by atoms with van der Waals surface area (Å²) in [5.41, 5.74) is 1.02. The van der Waals surface area contributed by atoms with Gasteiger partial charge in [-0.25, -0.2) is 4.79 Å². The number of methoxy groups -OCH3 is 1. The highest BCUT2D eigenvalue weighted by atomic mass is 35.5. The molecule has 0 bridgehead atoms. The van der Waals surface area contributed by atoms with Gasteiger partial charge in [-0.05, 0) is 49.5 Å². The van der Waals surface area contributed by atoms with Crippen molar-refractivity contribution in [3.05, 3.63) is 35.4 Å². The van der Waals surface area contributed by atoms with E-state index in [0.717, 1.165) is 24.0 Å². The molecule has 1 unspecified atom stereocenters. The summed E-state index contributed by atoms with van der Waals surface area (Å²) >= 11 is 6.38. The molecule has 0 saturated heterocycles. The Morgan fingerprint density at radius 3 is 2.19 bits per heavy atom. The molecule has 0 aliphatic heterocycles. The quantitative estimate of drug-likeness (QED) is 0.617. The zero-order valence-corrected chi connectivity index (χ0v) is 17.2. The fraction of sp³-hybridized carbons (Fsp3) is 0.619. The smallest absolute Gasteiger partial charge is 0.331 e. The molecule has 1 saturated carbocycles. The van der Waals surface area contributed by atoms with E-state index in [1.165, 1.54) is 7.11 Å². The van der Waals surface area contributed by atoms with Crippen LogP contribution in [0.15, 0.2) is 24.3 Å². The Bertz CT molecular complexity index is 640. The van der Waals surface area contributed by atoms with E-state index in [1.54, 1.807) is 0 Å². The second kappa shape index (κ2) is 7.99. The largest absolute Gasteiger partial charge is 0.467 e. The number of aryl methyl sites for hydroxylation is 1. The lowest BCUT2D eigenvalue weighted by atomic mass is 9.67. The number of nitrogens with one attached hydrogen (secondary N) is 1. The molecule has 1 fully saturated rings. The molecule has 2 rings (SSSR count). The van der Waals surface area contributed by atoms with E-state index in [4.69, 9.17) is 16.3 Å². The van der Waals surface area contributed by atoms with E-state index in [0.29, 0.717) is 18.8 Å². The molecule has 4 nitrogen and oxygen atoms in total. The van der Waals surface area contributed by atoms with Crippen molar-refractivity contribution in [1.29, 1.82) is 0 Å². The average Bonchev–Trinajstić information content (AvgIpc) is 2.60. The van der Waals surface area contributed by atoms with Gasteiger partial charge in [0.1, 0.15) is 10.9 Å². The van der Waals surface area contributed by atoms with Crippen LogP contribution in [0, 0.1) is 18.3 Å². The van der Waals surface area contributed by atoms with Crippen LogP contribution in [0.3, 0.4) is 0 Å². The van der Waals surface area contributed by atoms with Crippen LogP contribution < -0.4 is 5.32 Å². The zero-order chi connectivity index (χ0) is 19.5. The highest BCUT2D eigenvalue weighted by Gasteiger charge is 2.46. The fourth-order valence-electron chi connectivity index (χ4n) is 3.74. The molecule has 0 heterocycles. The van der Waals surface area contributed by atoms with E-state index < -0.39 is 10.9 Å². The van der Waals surface area contributed by atoms with Gasteiger partial charge in [0.15, 0.2) is 0 Å². The van der Waals surface area contributed by atoms with Gasteiger partial charge in [-0.1, -0.05) is 50.6 Å². The van der Waals surface area contributed by atoms with Gasteiger partial charge in [0.2, 0.25) is 5.91 Å². The minimum atomic E-state index is -0.981. The molecule has 1 aliphatic carbocycles. The Kier molecular flexibility index (Phi) is 6.38. The number of ether oxygens (including phenoxy) is 1. The molecule has 0 spiro atoms. The molecule has 1 amide bonds. The predicted octanol–water partition coefficient (Wildman–Crippen LogP) is 4.54. The van der Waals surface area contributed by atoms with Gasteiger partial charge < -0.3 is 10.1 Å². The van der Waals surface area contributed by atoms with Crippen LogP contribution in [0.25, 0.3) is 0 Å². The molecule has 26 heavy (non-hydrogen) atoms. The van der Waals surface area contributed by atoms with Gasteiger partial charge in [0.25, 0.3) is 0 Å². The zero-order valence-electron chi connectivity index (χ0n) is 16.4. The van der Waals surface area contributed by atoms with Crippen LogP contribution in [0.2, 0.25) is 0 Å². The summed E-state index contributed by atoms with van der Waals surface area (Å²) in [4.78, 5) is 25.3. The minimum absolute atomic E-state index is 0.184. The standard InChI is InChI=1S/C21H30ClNO3/c1-14-6-8-15(9-7-14)17(22)18(24)23-21(19(25)26-5)12-10-16(11-13-21)20(2,3)4/h6-9,16-17H,10-13H2,1-5H3,(H,23,24). The van der Waals surface area contributed by atoms with E-state index in [-0.39, 0.29) is 17.3 Å². The van der Waals surface area contributed by atoms with Crippen molar-refractivity contribution < 1.29 is 14.3 Å². The van der Waals surface area contributed by atoms with Gasteiger partial charge >= 0.3 is 5.97 Å². The average molecular weight is 380 g/mol. The molecule has 0 radical (unpaired) electrons. The number of amides is 1. The molecule has 1 atom stereocenters. The Morgan fingerprint density at radius 2 is 1.73 bits per heavy atom. The number of halogens is 1. The molecule has 1 N–H and O–H groups in total. The maximum Gasteiger partial charge on any atom is 0.331 e. The Labute approximate surface area is 161 Å². The second-order valence-corrected chi connectivity index (χ2v) is 8.91. The number of alkyl halides is 1. The lowest BCUT2D eigenvalue weighted by Crippen LogP contribution is -2.58. The van der Waals surface area contributed by atoms with Gasteiger partial charge in [-0.15, -0.1) is 11.6 Å². The lowest BCUT2D eigenvalue weighted by molar-refractivity contribution is -0.153. The first-order valence-corrected chi connectivity index (χ1v) is 9.64. The monoisotopic (exact) mass is 379 g/mol. The number of hydrogen-bond donors (Lipinski definition) is 1. The van der Waals surface area contributed by atoms with E-state index in [2.05, 4.69) is 26.1 Å². The van der Waals surface area contributed by atoms with Crippen molar-refractivity contribution in [3.8, 4) is 0 Å². The normalized spacial score (nSPS) is 24.6. The number of carbonyl (C=O) groups is 2. The van der Waals surface area contributed by atoms with Crippen molar-refractivity contribution in [2.75, 3.05) is 7.11 Å². The first kappa shape index (κ1) is 20.8. The van der Waals surface area contributed by atoms with Crippen LogP contribution in [-0.4, -0.2) is 24.5 Å². The van der Waals surface area contributed by atoms with Crippen molar-refractivity contribution in [2.45, 2.75) is 64.3 Å². The highest BCUT2D eigenvalue weighted by molar-refractivity contribution is 6.31. The molecule has 0 aromatic heterocycles. The van der Waals surface area contributed by atoms with E-state index >= 15 is 0 Å². The van der Waals surface area contributed by atoms with Gasteiger partial charge in [-0.2, -0.15) is 0 Å². The maximum absolute atomic E-state index is 12.7. The van der Waals surface area contributed by atoms with Crippen LogP contribution in [-0.2, 0) is 14.3 Å². The van der Waals surface area contributed by atoms with Gasteiger partial charge in [0.05, 0.1) is 7.11 Å². The summed E-state index contributed by atoms with van der Waals surface area (Å²) in [5.74, 6) is -0.220. The third-order valence-corrected chi connectivity index (χ3v) is 6.05. The van der Waals surface area contributed by atoms with Gasteiger partial charge in [0, 0.05) is 0 Å². The molecule has 1 aromatic rings. The van der Waals surface area contributed by atoms with Crippen molar-refractivity contribution in [1.82, 2.24) is 5.32 Å². The van der Waals surface area contributed by atoms with Crippen molar-refractivity contribution >= 4 is 23.5 Å². The summed E-state index contributed by atoms with van der Waals surface area (Å²) in [7, 11) is 1.37. The second-order valence-electron chi connectivity index (χ2n) is 8.48. The first-order valence-electron chi connectivity index (χ1n) is 9.20. The van der Waals surface area contributed by atoms with Crippen molar-refractivity contribution in [2.24, 2.45) is 11.3 Å². The minimum Gasteiger partial charge on any atom is -0.467 e. The number of esters is 1. The van der Waals surface area contributed by atoms with E-state index in [1.807, 2.05) is 31.2 Å².